The van der Waals surface area contributed by atoms with E-state index in [4.69, 9.17) is 0 Å². The summed E-state index contributed by atoms with van der Waals surface area (Å²) in [4.78, 5) is 6.52. The number of aromatic nitrogens is 6. The number of hydrogen-bond acceptors (Lipinski definition) is 5. The summed E-state index contributed by atoms with van der Waals surface area (Å²) in [6.45, 7) is 0. The second kappa shape index (κ2) is 2.65. The van der Waals surface area contributed by atoms with Crippen molar-refractivity contribution in [2.45, 2.75) is 0 Å². The Bertz CT molecular complexity index is 287. The van der Waals surface area contributed by atoms with Crippen molar-refractivity contribution in [3.63, 3.8) is 0 Å². The van der Waals surface area contributed by atoms with E-state index in [1.54, 1.807) is 0 Å². The third-order valence-corrected chi connectivity index (χ3v) is 0.924. The predicted octanol–water partition coefficient (Wildman–Crippen LogP) is -0.279. The number of H-pyrrole nitrogens is 1. The number of hydrogen-bond donors (Lipinski definition) is 1. The van der Waals surface area contributed by atoms with E-state index < -0.39 is 0 Å². The first-order valence-electron chi connectivity index (χ1n) is 2.32. The molecule has 10 heavy (non-hydrogen) atoms. The van der Waals surface area contributed by atoms with Gasteiger partial charge in [-0.15, -0.1) is 27.2 Å². The Labute approximate surface area is 65.8 Å². The van der Waals surface area contributed by atoms with Crippen LogP contribution in [0.15, 0.2) is 6.33 Å². The normalized spacial score (nSPS) is 9.20. The van der Waals surface area contributed by atoms with Gasteiger partial charge in [-0.05, 0) is 10.4 Å². The van der Waals surface area contributed by atoms with E-state index in [-0.39, 0.29) is 17.0 Å². The highest BCUT2D eigenvalue weighted by Crippen LogP contribution is 1.93. The fourth-order valence-corrected chi connectivity index (χ4v) is 0.554. The van der Waals surface area contributed by atoms with Gasteiger partial charge in [-0.25, -0.2) is 4.98 Å². The summed E-state index contributed by atoms with van der Waals surface area (Å²) in [6.07, 6.45) is 1.49. The molecule has 0 spiro atoms. The van der Waals surface area contributed by atoms with E-state index in [2.05, 4.69) is 30.6 Å². The molecule has 7 heteroatoms. The summed E-state index contributed by atoms with van der Waals surface area (Å²) in [5.41, 5.74) is 1.05. The number of rotatable bonds is 0. The first-order chi connectivity index (χ1) is 4.47. The average molecular weight is 203 g/mol. The molecule has 0 saturated heterocycles. The molecular weight excluding hydrogens is 200 g/mol. The number of aromatic amines is 1. The fourth-order valence-electron chi connectivity index (χ4n) is 0.554. The lowest BCUT2D eigenvalue weighted by Crippen LogP contribution is -1.90. The lowest BCUT2D eigenvalue weighted by atomic mass is 10.8. The molecule has 0 bridgehead atoms. The van der Waals surface area contributed by atoms with Gasteiger partial charge in [0, 0.05) is 0 Å². The van der Waals surface area contributed by atoms with Gasteiger partial charge in [0.05, 0.1) is 6.33 Å². The van der Waals surface area contributed by atoms with Crippen molar-refractivity contribution < 1.29 is 0 Å². The van der Waals surface area contributed by atoms with Crippen molar-refractivity contribution in [1.82, 2.24) is 30.6 Å². The van der Waals surface area contributed by atoms with Crippen molar-refractivity contribution in [1.29, 1.82) is 0 Å². The van der Waals surface area contributed by atoms with Gasteiger partial charge < -0.3 is 4.98 Å². The van der Waals surface area contributed by atoms with Crippen LogP contribution >= 0.6 is 17.0 Å². The molecule has 0 fully saturated rings. The summed E-state index contributed by atoms with van der Waals surface area (Å²) in [5.74, 6) is 0. The minimum Gasteiger partial charge on any atom is -0.326 e. The highest BCUT2D eigenvalue weighted by Gasteiger charge is 1.94. The van der Waals surface area contributed by atoms with Crippen LogP contribution < -0.4 is 0 Å². The van der Waals surface area contributed by atoms with Gasteiger partial charge in [-0.1, -0.05) is 0 Å². The van der Waals surface area contributed by atoms with Gasteiger partial charge in [0.25, 0.3) is 0 Å². The summed E-state index contributed by atoms with van der Waals surface area (Å²) < 4.78 is 0. The number of fused-ring (bicyclic) bond motifs is 1. The number of nitrogens with zero attached hydrogens (tertiary/aromatic N) is 5. The van der Waals surface area contributed by atoms with Crippen molar-refractivity contribution in [2.24, 2.45) is 0 Å². The van der Waals surface area contributed by atoms with Gasteiger partial charge in [0.15, 0.2) is 0 Å². The van der Waals surface area contributed by atoms with Crippen LogP contribution in [0.1, 0.15) is 0 Å². The van der Waals surface area contributed by atoms with E-state index in [0.717, 1.165) is 0 Å². The fraction of sp³-hybridized carbons (Fsp3) is 0. The van der Waals surface area contributed by atoms with Gasteiger partial charge in [0.1, 0.15) is 0 Å². The monoisotopic (exact) mass is 202 g/mol. The summed E-state index contributed by atoms with van der Waals surface area (Å²) >= 11 is 0. The zero-order chi connectivity index (χ0) is 6.10. The molecule has 0 aromatic carbocycles. The maximum atomic E-state index is 3.79. The maximum Gasteiger partial charge on any atom is 0.222 e. The molecule has 2 heterocycles. The van der Waals surface area contributed by atoms with Crippen LogP contribution in [0.2, 0.25) is 0 Å². The lowest BCUT2D eigenvalue weighted by molar-refractivity contribution is 0.790. The zero-order valence-corrected chi connectivity index (χ0v) is 6.43. The van der Waals surface area contributed by atoms with Crippen molar-refractivity contribution in [3.05, 3.63) is 6.33 Å². The molecule has 0 radical (unpaired) electrons. The number of nitrogens with one attached hydrogen (secondary N) is 1. The van der Waals surface area contributed by atoms with Crippen molar-refractivity contribution >= 4 is 28.3 Å². The van der Waals surface area contributed by atoms with E-state index in [0.29, 0.717) is 11.3 Å². The second-order valence-corrected chi connectivity index (χ2v) is 1.45. The van der Waals surface area contributed by atoms with E-state index in [1.165, 1.54) is 6.33 Å². The third-order valence-electron chi connectivity index (χ3n) is 0.924. The minimum atomic E-state index is 0. The summed E-state index contributed by atoms with van der Waals surface area (Å²) in [7, 11) is 0. The van der Waals surface area contributed by atoms with Crippen molar-refractivity contribution in [3.8, 4) is 0 Å². The van der Waals surface area contributed by atoms with E-state index >= 15 is 0 Å². The highest BCUT2D eigenvalue weighted by atomic mass is 79.9. The molecule has 0 amide bonds. The second-order valence-electron chi connectivity index (χ2n) is 1.45. The van der Waals surface area contributed by atoms with Crippen LogP contribution in [0.25, 0.3) is 11.3 Å². The van der Waals surface area contributed by atoms with Crippen molar-refractivity contribution in [2.75, 3.05) is 0 Å². The summed E-state index contributed by atoms with van der Waals surface area (Å²) in [5, 5.41) is 13.8. The SMILES string of the molecule is Br.c1nc2nnnnc2[nH]1. The Hall–Kier alpha value is -1.11. The van der Waals surface area contributed by atoms with Crippen LogP contribution in [-0.4, -0.2) is 30.6 Å². The molecule has 0 saturated carbocycles. The molecule has 0 aliphatic heterocycles. The first-order valence-corrected chi connectivity index (χ1v) is 2.32. The molecule has 2 aromatic heterocycles. The minimum absolute atomic E-state index is 0. The lowest BCUT2D eigenvalue weighted by Gasteiger charge is -1.76. The molecule has 0 aliphatic carbocycles. The molecule has 2 aromatic rings. The Morgan fingerprint density at radius 1 is 1.20 bits per heavy atom. The Morgan fingerprint density at radius 2 is 2.00 bits per heavy atom. The molecule has 2 rings (SSSR count). The predicted molar refractivity (Wildman–Crippen MR) is 37.6 cm³/mol. The Kier molecular flexibility index (Phi) is 1.86. The maximum absolute atomic E-state index is 3.79. The van der Waals surface area contributed by atoms with E-state index in [1.807, 2.05) is 0 Å². The molecule has 52 valence electrons. The summed E-state index contributed by atoms with van der Waals surface area (Å²) in [6, 6.07) is 0. The first kappa shape index (κ1) is 7.00. The largest absolute Gasteiger partial charge is 0.326 e. The standard InChI is InChI=1S/C3H2N6.BrH/c1-4-2-3(5-1)7-9-8-6-2;/h1H,(H,4,5,6,7,8,9);1H. The zero-order valence-electron chi connectivity index (χ0n) is 4.72. The smallest absolute Gasteiger partial charge is 0.222 e. The van der Waals surface area contributed by atoms with Gasteiger partial charge in [-0.2, -0.15) is 0 Å². The van der Waals surface area contributed by atoms with E-state index in [9.17, 15) is 0 Å². The van der Waals surface area contributed by atoms with Crippen LogP contribution in [0, 0.1) is 0 Å². The topological polar surface area (TPSA) is 80.2 Å². The van der Waals surface area contributed by atoms with Crippen LogP contribution in [-0.2, 0) is 0 Å². The number of halogens is 1. The molecule has 0 atom stereocenters. The molecule has 1 N–H and O–H groups in total. The van der Waals surface area contributed by atoms with Crippen LogP contribution in [0.5, 0.6) is 0 Å². The average Bonchev–Trinajstić information content (AvgIpc) is 2.33. The van der Waals surface area contributed by atoms with Crippen LogP contribution in [0.3, 0.4) is 0 Å². The number of imidazole rings is 1. The quantitative estimate of drug-likeness (QED) is 0.636. The van der Waals surface area contributed by atoms with Gasteiger partial charge in [-0.3, -0.25) is 0 Å². The van der Waals surface area contributed by atoms with Gasteiger partial charge in [0.2, 0.25) is 11.3 Å². The van der Waals surface area contributed by atoms with Crippen LogP contribution in [0.4, 0.5) is 0 Å². The Morgan fingerprint density at radius 3 is 2.80 bits per heavy atom. The molecule has 0 aliphatic rings. The van der Waals surface area contributed by atoms with Gasteiger partial charge >= 0.3 is 0 Å². The Balaban J connectivity index is 0.000000500. The highest BCUT2D eigenvalue weighted by molar-refractivity contribution is 8.93. The molecular formula is C3H3BrN6. The third kappa shape index (κ3) is 0.947. The molecule has 6 nitrogen and oxygen atoms in total. The molecule has 0 unspecified atom stereocenters.